The van der Waals surface area contributed by atoms with Crippen LogP contribution in [-0.2, 0) is 6.42 Å². The van der Waals surface area contributed by atoms with Crippen LogP contribution in [0.4, 0.5) is 23.0 Å². The third-order valence-electron chi connectivity index (χ3n) is 7.19. The van der Waals surface area contributed by atoms with Crippen molar-refractivity contribution < 1.29 is 4.74 Å². The van der Waals surface area contributed by atoms with Gasteiger partial charge in [-0.3, -0.25) is 0 Å². The van der Waals surface area contributed by atoms with Crippen molar-refractivity contribution in [2.45, 2.75) is 65.4 Å². The Kier molecular flexibility index (Phi) is 9.50. The minimum Gasteiger partial charge on any atom is -0.487 e. The molecule has 0 saturated carbocycles. The van der Waals surface area contributed by atoms with Gasteiger partial charge in [0, 0.05) is 25.0 Å². The van der Waals surface area contributed by atoms with E-state index in [0.29, 0.717) is 16.9 Å². The van der Waals surface area contributed by atoms with Crippen LogP contribution in [0, 0.1) is 5.92 Å². The Bertz CT molecular complexity index is 1210. The molecule has 1 saturated heterocycles. The first-order valence-corrected chi connectivity index (χ1v) is 14.2. The Morgan fingerprint density at radius 1 is 1.05 bits per heavy atom. The van der Waals surface area contributed by atoms with Crippen molar-refractivity contribution in [3.63, 3.8) is 0 Å². The maximum Gasteiger partial charge on any atom is 0.176 e. The summed E-state index contributed by atoms with van der Waals surface area (Å²) in [7, 11) is 4.16. The van der Waals surface area contributed by atoms with E-state index in [1.165, 1.54) is 11.1 Å². The predicted molar refractivity (Wildman–Crippen MR) is 160 cm³/mol. The number of hydrogen-bond donors (Lipinski definition) is 1. The van der Waals surface area contributed by atoms with Gasteiger partial charge in [0.1, 0.15) is 5.82 Å². The third kappa shape index (κ3) is 7.17. The monoisotopic (exact) mass is 535 g/mol. The Labute approximate surface area is 233 Å². The maximum absolute atomic E-state index is 6.61. The van der Waals surface area contributed by atoms with Gasteiger partial charge in [-0.15, -0.1) is 0 Å². The Morgan fingerprint density at radius 2 is 1.79 bits per heavy atom. The fraction of sp³-hybridized carbons (Fsp3) is 0.484. The fourth-order valence-corrected chi connectivity index (χ4v) is 5.03. The van der Waals surface area contributed by atoms with Crippen LogP contribution in [0.25, 0.3) is 0 Å². The van der Waals surface area contributed by atoms with E-state index in [-0.39, 0.29) is 6.10 Å². The molecule has 0 amide bonds. The first-order chi connectivity index (χ1) is 18.2. The van der Waals surface area contributed by atoms with Crippen molar-refractivity contribution in [3.05, 3.63) is 64.9 Å². The van der Waals surface area contributed by atoms with Gasteiger partial charge >= 0.3 is 0 Å². The average molecular weight is 536 g/mol. The smallest absolute Gasteiger partial charge is 0.176 e. The fourth-order valence-electron chi connectivity index (χ4n) is 4.88. The van der Waals surface area contributed by atoms with Crippen LogP contribution in [0.1, 0.15) is 64.0 Å². The SMILES string of the molecule is CC(C)CCc1ccccc1Nc1cc(N(C)c2ncc(C3CCN(C)CC3)cc2OC(C)C)ncc1Cl. The lowest BCUT2D eigenvalue weighted by Crippen LogP contribution is -2.29. The molecule has 38 heavy (non-hydrogen) atoms. The average Bonchev–Trinajstić information content (AvgIpc) is 2.89. The number of piperidine rings is 1. The number of aromatic nitrogens is 2. The molecule has 0 bridgehead atoms. The van der Waals surface area contributed by atoms with Gasteiger partial charge in [0.25, 0.3) is 0 Å². The van der Waals surface area contributed by atoms with Crippen LogP contribution in [0.2, 0.25) is 5.02 Å². The van der Waals surface area contributed by atoms with E-state index in [0.717, 1.165) is 67.5 Å². The minimum atomic E-state index is 0.0365. The molecule has 1 fully saturated rings. The molecule has 3 heterocycles. The number of para-hydroxylation sites is 1. The van der Waals surface area contributed by atoms with Gasteiger partial charge in [-0.25, -0.2) is 9.97 Å². The summed E-state index contributed by atoms with van der Waals surface area (Å²) >= 11 is 6.61. The number of likely N-dealkylation sites (tertiary alicyclic amines) is 1. The third-order valence-corrected chi connectivity index (χ3v) is 7.49. The van der Waals surface area contributed by atoms with Crippen molar-refractivity contribution in [3.8, 4) is 5.75 Å². The highest BCUT2D eigenvalue weighted by atomic mass is 35.5. The van der Waals surface area contributed by atoms with Crippen LogP contribution in [0.5, 0.6) is 5.75 Å². The lowest BCUT2D eigenvalue weighted by atomic mass is 9.90. The number of nitrogens with one attached hydrogen (secondary N) is 1. The van der Waals surface area contributed by atoms with Crippen LogP contribution in [0.15, 0.2) is 48.8 Å². The minimum absolute atomic E-state index is 0.0365. The van der Waals surface area contributed by atoms with Gasteiger partial charge in [-0.2, -0.15) is 0 Å². The van der Waals surface area contributed by atoms with Gasteiger partial charge < -0.3 is 19.9 Å². The summed E-state index contributed by atoms with van der Waals surface area (Å²) in [6.45, 7) is 10.8. The van der Waals surface area contributed by atoms with Gasteiger partial charge in [-0.05, 0) is 94.8 Å². The molecule has 1 N–H and O–H groups in total. The maximum atomic E-state index is 6.61. The summed E-state index contributed by atoms with van der Waals surface area (Å²) in [5.41, 5.74) is 4.41. The number of pyridine rings is 2. The highest BCUT2D eigenvalue weighted by Gasteiger charge is 2.22. The van der Waals surface area contributed by atoms with E-state index in [4.69, 9.17) is 21.3 Å². The van der Waals surface area contributed by atoms with Crippen molar-refractivity contribution in [2.24, 2.45) is 5.92 Å². The second-order valence-corrected chi connectivity index (χ2v) is 11.5. The van der Waals surface area contributed by atoms with Gasteiger partial charge in [0.15, 0.2) is 11.6 Å². The van der Waals surface area contributed by atoms with Gasteiger partial charge in [0.05, 0.1) is 23.0 Å². The molecule has 1 aromatic carbocycles. The zero-order chi connectivity index (χ0) is 27.2. The summed E-state index contributed by atoms with van der Waals surface area (Å²) in [6.07, 6.45) is 8.17. The Hall–Kier alpha value is -2.83. The molecule has 0 radical (unpaired) electrons. The molecule has 0 aliphatic carbocycles. The molecule has 1 aliphatic heterocycles. The number of benzene rings is 1. The standard InChI is InChI=1S/C31H42ClN5O/c1-21(2)11-12-24-9-7-8-10-27(24)35-28-18-30(33-20-26(28)32)37(6)31-29(38-22(3)4)17-25(19-34-31)23-13-15-36(5)16-14-23/h7-10,17-23H,11-16H2,1-6H3,(H,33,35). The first kappa shape index (κ1) is 28.2. The van der Waals surface area contributed by atoms with E-state index in [2.05, 4.69) is 66.4 Å². The summed E-state index contributed by atoms with van der Waals surface area (Å²) in [6, 6.07) is 12.6. The van der Waals surface area contributed by atoms with Crippen molar-refractivity contribution in [1.82, 2.24) is 14.9 Å². The molecule has 7 heteroatoms. The Morgan fingerprint density at radius 3 is 2.50 bits per heavy atom. The normalized spacial score (nSPS) is 14.8. The quantitative estimate of drug-likeness (QED) is 0.285. The summed E-state index contributed by atoms with van der Waals surface area (Å²) in [4.78, 5) is 13.9. The highest BCUT2D eigenvalue weighted by molar-refractivity contribution is 6.33. The molecular weight excluding hydrogens is 494 g/mol. The molecule has 0 unspecified atom stereocenters. The van der Waals surface area contributed by atoms with Crippen LogP contribution >= 0.6 is 11.6 Å². The zero-order valence-electron chi connectivity index (χ0n) is 23.7. The molecule has 1 aliphatic rings. The van der Waals surface area contributed by atoms with Crippen molar-refractivity contribution >= 4 is 34.6 Å². The van der Waals surface area contributed by atoms with Crippen molar-refractivity contribution in [2.75, 3.05) is 37.4 Å². The van der Waals surface area contributed by atoms with Crippen LogP contribution in [0.3, 0.4) is 0 Å². The predicted octanol–water partition coefficient (Wildman–Crippen LogP) is 7.83. The number of nitrogens with zero attached hydrogens (tertiary/aromatic N) is 4. The van der Waals surface area contributed by atoms with E-state index >= 15 is 0 Å². The molecule has 3 aromatic rings. The van der Waals surface area contributed by atoms with E-state index < -0.39 is 0 Å². The molecule has 6 nitrogen and oxygen atoms in total. The van der Waals surface area contributed by atoms with Gasteiger partial charge in [0.2, 0.25) is 0 Å². The number of rotatable bonds is 10. The second kappa shape index (κ2) is 12.8. The van der Waals surface area contributed by atoms with Crippen LogP contribution in [-0.4, -0.2) is 48.2 Å². The zero-order valence-corrected chi connectivity index (χ0v) is 24.4. The number of halogens is 1. The lowest BCUT2D eigenvalue weighted by Gasteiger charge is -2.30. The largest absolute Gasteiger partial charge is 0.487 e. The summed E-state index contributed by atoms with van der Waals surface area (Å²) in [5.74, 6) is 3.42. The number of anilines is 4. The molecule has 0 spiro atoms. The van der Waals surface area contributed by atoms with E-state index in [9.17, 15) is 0 Å². The molecule has 204 valence electrons. The van der Waals surface area contributed by atoms with E-state index in [1.54, 1.807) is 6.20 Å². The van der Waals surface area contributed by atoms with Crippen LogP contribution < -0.4 is 15.0 Å². The molecule has 2 aromatic heterocycles. The highest BCUT2D eigenvalue weighted by Crippen LogP contribution is 2.37. The molecular formula is C31H42ClN5O. The lowest BCUT2D eigenvalue weighted by molar-refractivity contribution is 0.239. The number of aryl methyl sites for hydroxylation is 1. The first-order valence-electron chi connectivity index (χ1n) is 13.8. The second-order valence-electron chi connectivity index (χ2n) is 11.1. The molecule has 4 rings (SSSR count). The van der Waals surface area contributed by atoms with Crippen molar-refractivity contribution in [1.29, 1.82) is 0 Å². The summed E-state index contributed by atoms with van der Waals surface area (Å²) < 4.78 is 6.27. The van der Waals surface area contributed by atoms with E-state index in [1.807, 2.05) is 38.1 Å². The number of ether oxygens (including phenoxy) is 1. The summed E-state index contributed by atoms with van der Waals surface area (Å²) in [5, 5.41) is 4.13. The topological polar surface area (TPSA) is 53.5 Å². The van der Waals surface area contributed by atoms with Gasteiger partial charge in [-0.1, -0.05) is 43.6 Å². The Balaban J connectivity index is 1.60. The molecule has 0 atom stereocenters. The number of hydrogen-bond acceptors (Lipinski definition) is 6.